The Morgan fingerprint density at radius 3 is 2.56 bits per heavy atom. The molecule has 0 spiro atoms. The molecule has 0 saturated carbocycles. The molecule has 2 heterocycles. The molecule has 0 fully saturated rings. The highest BCUT2D eigenvalue weighted by Gasteiger charge is 2.30. The van der Waals surface area contributed by atoms with Gasteiger partial charge in [-0.1, -0.05) is 12.1 Å². The first-order valence-electron chi connectivity index (χ1n) is 7.20. The van der Waals surface area contributed by atoms with Crippen LogP contribution in [0.3, 0.4) is 0 Å². The number of halogens is 3. The van der Waals surface area contributed by atoms with Crippen LogP contribution in [0.4, 0.5) is 18.9 Å². The first kappa shape index (κ1) is 17.4. The Labute approximate surface area is 150 Å². The monoisotopic (exact) mass is 379 g/mol. The Balaban J connectivity index is 1.89. The zero-order valence-corrected chi connectivity index (χ0v) is 14.3. The maximum Gasteiger partial charge on any atom is 0.416 e. The summed E-state index contributed by atoms with van der Waals surface area (Å²) in [5.41, 5.74) is 0.431. The zero-order valence-electron chi connectivity index (χ0n) is 12.7. The summed E-state index contributed by atoms with van der Waals surface area (Å²) < 4.78 is 38.5. The molecule has 3 rings (SSSR count). The van der Waals surface area contributed by atoms with Gasteiger partial charge in [0.1, 0.15) is 0 Å². The predicted molar refractivity (Wildman–Crippen MR) is 96.6 cm³/mol. The third kappa shape index (κ3) is 4.37. The molecule has 0 saturated heterocycles. The highest BCUT2D eigenvalue weighted by Crippen LogP contribution is 2.31. The van der Waals surface area contributed by atoms with Crippen molar-refractivity contribution in [1.82, 2.24) is 0 Å². The van der Waals surface area contributed by atoms with Crippen LogP contribution in [0.5, 0.6) is 0 Å². The van der Waals surface area contributed by atoms with Gasteiger partial charge in [-0.2, -0.15) is 24.5 Å². The van der Waals surface area contributed by atoms with E-state index in [-0.39, 0.29) is 5.69 Å². The lowest BCUT2D eigenvalue weighted by Crippen LogP contribution is -2.14. The first-order chi connectivity index (χ1) is 11.9. The molecule has 1 amide bonds. The van der Waals surface area contributed by atoms with Gasteiger partial charge in [0.2, 0.25) is 0 Å². The average Bonchev–Trinajstić information content (AvgIpc) is 3.25. The summed E-state index contributed by atoms with van der Waals surface area (Å²) in [6.07, 6.45) is -2.72. The zero-order chi connectivity index (χ0) is 17.9. The van der Waals surface area contributed by atoms with Crippen molar-refractivity contribution in [2.45, 2.75) is 6.18 Å². The minimum absolute atomic E-state index is 0.104. The SMILES string of the molecule is O=C(Nc1cccc(C(F)(F)F)c1)C(=Cc1cccs1)c1ccsc1. The van der Waals surface area contributed by atoms with E-state index in [1.54, 1.807) is 12.1 Å². The number of alkyl halides is 3. The second kappa shape index (κ2) is 7.25. The number of thiophene rings is 2. The molecule has 25 heavy (non-hydrogen) atoms. The van der Waals surface area contributed by atoms with Gasteiger partial charge in [-0.05, 0) is 58.1 Å². The molecule has 0 aliphatic rings. The molecule has 2 nitrogen and oxygen atoms in total. The van der Waals surface area contributed by atoms with Gasteiger partial charge in [0.05, 0.1) is 5.56 Å². The van der Waals surface area contributed by atoms with Crippen LogP contribution in [0.25, 0.3) is 11.6 Å². The molecule has 1 N–H and O–H groups in total. The second-order valence-electron chi connectivity index (χ2n) is 5.12. The molecule has 0 unspecified atom stereocenters. The van der Waals surface area contributed by atoms with Crippen molar-refractivity contribution in [2.24, 2.45) is 0 Å². The van der Waals surface area contributed by atoms with Crippen molar-refractivity contribution in [2.75, 3.05) is 5.32 Å². The van der Waals surface area contributed by atoms with Gasteiger partial charge >= 0.3 is 6.18 Å². The number of hydrogen-bond donors (Lipinski definition) is 1. The van der Waals surface area contributed by atoms with Gasteiger partial charge in [-0.25, -0.2) is 0 Å². The molecule has 0 bridgehead atoms. The lowest BCUT2D eigenvalue weighted by molar-refractivity contribution is -0.137. The molecule has 128 valence electrons. The minimum atomic E-state index is -4.45. The van der Waals surface area contributed by atoms with Gasteiger partial charge in [0.25, 0.3) is 5.91 Å². The molecule has 1 aromatic carbocycles. The number of hydrogen-bond acceptors (Lipinski definition) is 3. The number of amides is 1. The summed E-state index contributed by atoms with van der Waals surface area (Å²) in [4.78, 5) is 13.5. The quantitative estimate of drug-likeness (QED) is 0.553. The largest absolute Gasteiger partial charge is 0.416 e. The van der Waals surface area contributed by atoms with Gasteiger partial charge in [-0.15, -0.1) is 11.3 Å². The third-order valence-corrected chi connectivity index (χ3v) is 4.86. The van der Waals surface area contributed by atoms with Crippen LogP contribution in [-0.4, -0.2) is 5.91 Å². The maximum absolute atomic E-state index is 12.8. The Bertz CT molecular complexity index is 881. The highest BCUT2D eigenvalue weighted by molar-refractivity contribution is 7.11. The first-order valence-corrected chi connectivity index (χ1v) is 9.02. The molecule has 0 aliphatic carbocycles. The molecule has 2 aromatic heterocycles. The van der Waals surface area contributed by atoms with E-state index in [4.69, 9.17) is 0 Å². The summed E-state index contributed by atoms with van der Waals surface area (Å²) >= 11 is 2.92. The minimum Gasteiger partial charge on any atom is -0.322 e. The van der Waals surface area contributed by atoms with E-state index < -0.39 is 17.6 Å². The Morgan fingerprint density at radius 1 is 1.08 bits per heavy atom. The van der Waals surface area contributed by atoms with E-state index in [9.17, 15) is 18.0 Å². The van der Waals surface area contributed by atoms with Crippen LogP contribution in [-0.2, 0) is 11.0 Å². The molecule has 0 aliphatic heterocycles. The van der Waals surface area contributed by atoms with Crippen LogP contribution in [0.15, 0.2) is 58.6 Å². The number of rotatable bonds is 4. The molecule has 0 atom stereocenters. The van der Waals surface area contributed by atoms with Crippen molar-refractivity contribution < 1.29 is 18.0 Å². The molecule has 3 aromatic rings. The van der Waals surface area contributed by atoms with Crippen LogP contribution in [0.2, 0.25) is 0 Å². The topological polar surface area (TPSA) is 29.1 Å². The Kier molecular flexibility index (Phi) is 5.06. The van der Waals surface area contributed by atoms with E-state index in [0.29, 0.717) is 5.57 Å². The van der Waals surface area contributed by atoms with Crippen molar-refractivity contribution in [3.05, 3.63) is 74.6 Å². The summed E-state index contributed by atoms with van der Waals surface area (Å²) in [5.74, 6) is -0.453. The van der Waals surface area contributed by atoms with Crippen molar-refractivity contribution in [1.29, 1.82) is 0 Å². The van der Waals surface area contributed by atoms with Crippen molar-refractivity contribution in [3.63, 3.8) is 0 Å². The number of anilines is 1. The fourth-order valence-electron chi connectivity index (χ4n) is 2.19. The van der Waals surface area contributed by atoms with Crippen LogP contribution in [0.1, 0.15) is 16.0 Å². The highest BCUT2D eigenvalue weighted by atomic mass is 32.1. The number of benzene rings is 1. The summed E-state index contributed by atoms with van der Waals surface area (Å²) in [6, 6.07) is 10.1. The lowest BCUT2D eigenvalue weighted by atomic mass is 10.1. The third-order valence-electron chi connectivity index (χ3n) is 3.35. The molecular formula is C18H12F3NOS2. The van der Waals surface area contributed by atoms with E-state index in [2.05, 4.69) is 5.32 Å². The maximum atomic E-state index is 12.8. The predicted octanol–water partition coefficient (Wildman–Crippen LogP) is 6.01. The number of carbonyl (C=O) groups is 1. The standard InChI is InChI=1S/C18H12F3NOS2/c19-18(20,21)13-3-1-4-14(9-13)22-17(23)16(12-6-8-24-11-12)10-15-5-2-7-25-15/h1-11H,(H,22,23). The summed E-state index contributed by atoms with van der Waals surface area (Å²) in [6.45, 7) is 0. The Morgan fingerprint density at radius 2 is 1.92 bits per heavy atom. The van der Waals surface area contributed by atoms with Crippen LogP contribution in [0, 0.1) is 0 Å². The van der Waals surface area contributed by atoms with E-state index in [0.717, 1.165) is 22.6 Å². The molecule has 0 radical (unpaired) electrons. The Hall–Kier alpha value is -2.38. The van der Waals surface area contributed by atoms with Gasteiger partial charge in [0, 0.05) is 16.1 Å². The van der Waals surface area contributed by atoms with E-state index in [1.165, 1.54) is 34.8 Å². The summed E-state index contributed by atoms with van der Waals surface area (Å²) in [5, 5.41) is 8.11. The number of nitrogens with one attached hydrogen (secondary N) is 1. The fraction of sp³-hybridized carbons (Fsp3) is 0.0556. The van der Waals surface area contributed by atoms with Gasteiger partial charge in [-0.3, -0.25) is 4.79 Å². The average molecular weight is 379 g/mol. The van der Waals surface area contributed by atoms with Crippen LogP contribution < -0.4 is 5.32 Å². The molecular weight excluding hydrogens is 367 g/mol. The van der Waals surface area contributed by atoms with Gasteiger partial charge < -0.3 is 5.32 Å². The fourth-order valence-corrected chi connectivity index (χ4v) is 3.50. The van der Waals surface area contributed by atoms with Crippen molar-refractivity contribution >= 4 is 45.9 Å². The second-order valence-corrected chi connectivity index (χ2v) is 6.88. The van der Waals surface area contributed by atoms with E-state index in [1.807, 2.05) is 28.3 Å². The lowest BCUT2D eigenvalue weighted by Gasteiger charge is -2.11. The van der Waals surface area contributed by atoms with E-state index >= 15 is 0 Å². The van der Waals surface area contributed by atoms with Gasteiger partial charge in [0.15, 0.2) is 0 Å². The van der Waals surface area contributed by atoms with Crippen molar-refractivity contribution in [3.8, 4) is 0 Å². The van der Waals surface area contributed by atoms with Crippen LogP contribution >= 0.6 is 22.7 Å². The number of carbonyl (C=O) groups excluding carboxylic acids is 1. The molecule has 7 heteroatoms. The summed E-state index contributed by atoms with van der Waals surface area (Å²) in [7, 11) is 0. The smallest absolute Gasteiger partial charge is 0.322 e. The normalized spacial score (nSPS) is 12.2.